The number of nitrogens with two attached hydrogens (primary N) is 2. The van der Waals surface area contributed by atoms with Gasteiger partial charge in [-0.05, 0) is 50.5 Å². The molecule has 1 fully saturated rings. The average Bonchev–Trinajstić information content (AvgIpc) is 3.47. The number of anilines is 2. The molecular formula is C23H27FN6. The van der Waals surface area contributed by atoms with Gasteiger partial charge in [-0.15, -0.1) is 0 Å². The second kappa shape index (κ2) is 7.11. The van der Waals surface area contributed by atoms with E-state index in [1.165, 1.54) is 25.0 Å². The van der Waals surface area contributed by atoms with E-state index in [0.29, 0.717) is 5.92 Å². The number of halogens is 1. The predicted molar refractivity (Wildman–Crippen MR) is 116 cm³/mol. The van der Waals surface area contributed by atoms with Gasteiger partial charge in [0.05, 0.1) is 6.04 Å². The highest BCUT2D eigenvalue weighted by Gasteiger charge is 2.39. The maximum atomic E-state index is 13.5. The molecule has 156 valence electrons. The van der Waals surface area contributed by atoms with Crippen molar-refractivity contribution in [1.82, 2.24) is 10.2 Å². The van der Waals surface area contributed by atoms with Crippen molar-refractivity contribution in [3.63, 3.8) is 0 Å². The number of nitrogens with zero attached hydrogens (tertiary/aromatic N) is 3. The molecule has 2 aromatic carbocycles. The monoisotopic (exact) mass is 406 g/mol. The lowest BCUT2D eigenvalue weighted by Crippen LogP contribution is -2.61. The van der Waals surface area contributed by atoms with Crippen LogP contribution in [0, 0.1) is 12.7 Å². The van der Waals surface area contributed by atoms with Crippen LogP contribution in [0.4, 0.5) is 15.9 Å². The van der Waals surface area contributed by atoms with Crippen molar-refractivity contribution in [2.45, 2.75) is 51.1 Å². The lowest BCUT2D eigenvalue weighted by atomic mass is 9.98. The fourth-order valence-corrected chi connectivity index (χ4v) is 4.42. The minimum Gasteiger partial charge on any atom is -0.332 e. The van der Waals surface area contributed by atoms with Gasteiger partial charge in [-0.25, -0.2) is 4.39 Å². The molecule has 2 aliphatic rings. The molecule has 3 atom stereocenters. The molecule has 0 spiro atoms. The minimum atomic E-state index is -0.523. The third-order valence-corrected chi connectivity index (χ3v) is 6.29. The number of rotatable bonds is 4. The van der Waals surface area contributed by atoms with Crippen molar-refractivity contribution in [3.05, 3.63) is 76.7 Å². The van der Waals surface area contributed by atoms with E-state index in [4.69, 9.17) is 11.5 Å². The molecule has 1 saturated carbocycles. The number of fused-ring (bicyclic) bond motifs is 1. The topological polar surface area (TPSA) is 87.2 Å². The van der Waals surface area contributed by atoms with Crippen LogP contribution in [-0.4, -0.2) is 16.5 Å². The first kappa shape index (κ1) is 19.1. The number of aromatic amines is 1. The van der Waals surface area contributed by atoms with Crippen LogP contribution in [0.15, 0.2) is 48.5 Å². The summed E-state index contributed by atoms with van der Waals surface area (Å²) in [4.78, 5) is 4.10. The minimum absolute atomic E-state index is 0.0844. The number of hydrogen-bond acceptors (Lipinski definition) is 5. The van der Waals surface area contributed by atoms with Crippen molar-refractivity contribution in [2.75, 3.05) is 9.80 Å². The van der Waals surface area contributed by atoms with Gasteiger partial charge in [0.15, 0.2) is 12.1 Å². The first-order valence-corrected chi connectivity index (χ1v) is 10.4. The van der Waals surface area contributed by atoms with Crippen LogP contribution < -0.4 is 21.3 Å². The maximum Gasteiger partial charge on any atom is 0.158 e. The first-order valence-electron chi connectivity index (χ1n) is 10.4. The van der Waals surface area contributed by atoms with Gasteiger partial charge in [0.1, 0.15) is 12.0 Å². The highest BCUT2D eigenvalue weighted by molar-refractivity contribution is 5.65. The van der Waals surface area contributed by atoms with Crippen molar-refractivity contribution in [2.24, 2.45) is 11.5 Å². The van der Waals surface area contributed by atoms with Gasteiger partial charge in [0, 0.05) is 28.9 Å². The summed E-state index contributed by atoms with van der Waals surface area (Å²) in [6, 6.07) is 14.8. The molecule has 7 heteroatoms. The summed E-state index contributed by atoms with van der Waals surface area (Å²) in [7, 11) is 0. The number of nitrogens with one attached hydrogen (secondary N) is 1. The Morgan fingerprint density at radius 3 is 2.53 bits per heavy atom. The van der Waals surface area contributed by atoms with Crippen molar-refractivity contribution in [3.8, 4) is 0 Å². The lowest BCUT2D eigenvalue weighted by molar-refractivity contribution is 0.445. The zero-order valence-corrected chi connectivity index (χ0v) is 17.2. The van der Waals surface area contributed by atoms with Crippen LogP contribution in [0.25, 0.3) is 0 Å². The van der Waals surface area contributed by atoms with Gasteiger partial charge < -0.3 is 15.5 Å². The first-order chi connectivity index (χ1) is 14.4. The summed E-state index contributed by atoms with van der Waals surface area (Å²) in [6.07, 6.45) is 1.44. The molecule has 2 unspecified atom stereocenters. The lowest BCUT2D eigenvalue weighted by Gasteiger charge is -2.49. The summed E-state index contributed by atoms with van der Waals surface area (Å²) in [5.74, 6) is 1.06. The fraction of sp³-hybridized carbons (Fsp3) is 0.348. The Bertz CT molecular complexity index is 1060. The number of aromatic nitrogens is 2. The largest absolute Gasteiger partial charge is 0.332 e. The molecule has 1 aromatic heterocycles. The Kier molecular flexibility index (Phi) is 4.52. The van der Waals surface area contributed by atoms with Gasteiger partial charge in [0.2, 0.25) is 0 Å². The third kappa shape index (κ3) is 3.14. The second-order valence-electron chi connectivity index (χ2n) is 8.42. The summed E-state index contributed by atoms with van der Waals surface area (Å²) in [5.41, 5.74) is 18.8. The van der Waals surface area contributed by atoms with E-state index in [1.54, 1.807) is 12.1 Å². The summed E-state index contributed by atoms with van der Waals surface area (Å²) in [5, 5.41) is 7.70. The van der Waals surface area contributed by atoms with Crippen LogP contribution in [0.1, 0.15) is 60.3 Å². The number of aryl methyl sites for hydroxylation is 1. The Morgan fingerprint density at radius 2 is 1.83 bits per heavy atom. The van der Waals surface area contributed by atoms with Gasteiger partial charge in [-0.3, -0.25) is 10.8 Å². The highest BCUT2D eigenvalue weighted by Crippen LogP contribution is 2.44. The Balaban J connectivity index is 1.59. The van der Waals surface area contributed by atoms with E-state index >= 15 is 0 Å². The molecule has 30 heavy (non-hydrogen) atoms. The van der Waals surface area contributed by atoms with Crippen molar-refractivity contribution in [1.29, 1.82) is 0 Å². The van der Waals surface area contributed by atoms with Gasteiger partial charge in [-0.1, -0.05) is 29.8 Å². The van der Waals surface area contributed by atoms with Gasteiger partial charge >= 0.3 is 0 Å². The van der Waals surface area contributed by atoms with E-state index in [-0.39, 0.29) is 11.9 Å². The van der Waals surface area contributed by atoms with E-state index < -0.39 is 12.5 Å². The maximum absolute atomic E-state index is 13.5. The van der Waals surface area contributed by atoms with Crippen LogP contribution in [0.3, 0.4) is 0 Å². The van der Waals surface area contributed by atoms with E-state index in [0.717, 1.165) is 33.9 Å². The quantitative estimate of drug-likeness (QED) is 0.609. The van der Waals surface area contributed by atoms with Crippen LogP contribution in [0.2, 0.25) is 0 Å². The predicted octanol–water partition coefficient (Wildman–Crippen LogP) is 4.02. The average molecular weight is 407 g/mol. The van der Waals surface area contributed by atoms with E-state index in [9.17, 15) is 4.39 Å². The molecule has 3 aromatic rings. The fourth-order valence-electron chi connectivity index (χ4n) is 4.42. The van der Waals surface area contributed by atoms with Crippen molar-refractivity contribution < 1.29 is 4.39 Å². The highest BCUT2D eigenvalue weighted by atomic mass is 19.1. The Hall–Kier alpha value is -2.90. The van der Waals surface area contributed by atoms with Gasteiger partial charge in [-0.2, -0.15) is 5.10 Å². The summed E-state index contributed by atoms with van der Waals surface area (Å²) in [6.45, 7) is 4.13. The molecule has 0 amide bonds. The van der Waals surface area contributed by atoms with Crippen LogP contribution >= 0.6 is 0 Å². The molecule has 0 bridgehead atoms. The molecular weight excluding hydrogens is 379 g/mol. The molecule has 1 aliphatic carbocycles. The molecule has 5 rings (SSSR count). The number of hydrogen-bond donors (Lipinski definition) is 3. The molecule has 5 N–H and O–H groups in total. The zero-order chi connectivity index (χ0) is 21.0. The molecule has 2 heterocycles. The smallest absolute Gasteiger partial charge is 0.158 e. The SMILES string of the molecule is Cc1ccc2c(c1)C(N)N(c1cc(C3CC3)[nH]n1)C(N)N2[C@@H](C)c1ccc(F)cc1. The molecule has 0 radical (unpaired) electrons. The molecule has 1 aliphatic heterocycles. The standard InChI is InChI=1S/C23H27FN6/c1-13-3-10-20-18(11-13)22(25)30(21-12-19(27-28-21)16-4-5-16)23(26)29(20)14(2)15-6-8-17(24)9-7-15/h3,6-12,14,16,22-23H,4-5,25-26H2,1-2H3,(H,27,28)/t14-,22?,23?/m0/s1. The van der Waals surface area contributed by atoms with Crippen molar-refractivity contribution >= 4 is 11.5 Å². The number of H-pyrrole nitrogens is 1. The number of benzene rings is 2. The molecule has 0 saturated heterocycles. The zero-order valence-electron chi connectivity index (χ0n) is 17.2. The summed E-state index contributed by atoms with van der Waals surface area (Å²) < 4.78 is 13.5. The third-order valence-electron chi connectivity index (χ3n) is 6.29. The Labute approximate surface area is 175 Å². The van der Waals surface area contributed by atoms with Gasteiger partial charge in [0.25, 0.3) is 0 Å². The summed E-state index contributed by atoms with van der Waals surface area (Å²) >= 11 is 0. The van der Waals surface area contributed by atoms with Crippen LogP contribution in [0.5, 0.6) is 0 Å². The molecule has 6 nitrogen and oxygen atoms in total. The second-order valence-corrected chi connectivity index (χ2v) is 8.42. The van der Waals surface area contributed by atoms with Crippen LogP contribution in [-0.2, 0) is 0 Å². The van der Waals surface area contributed by atoms with E-state index in [2.05, 4.69) is 53.2 Å². The normalized spacial score (nSPS) is 22.2. The Morgan fingerprint density at radius 1 is 1.10 bits per heavy atom. The van der Waals surface area contributed by atoms with E-state index in [1.807, 2.05) is 4.90 Å².